The molecule has 0 radical (unpaired) electrons. The highest BCUT2D eigenvalue weighted by molar-refractivity contribution is 5.69. The zero-order chi connectivity index (χ0) is 13.5. The van der Waals surface area contributed by atoms with Gasteiger partial charge in [-0.05, 0) is 13.8 Å². The van der Waals surface area contributed by atoms with Crippen molar-refractivity contribution in [1.82, 2.24) is 9.97 Å². The Morgan fingerprint density at radius 1 is 1.44 bits per heavy atom. The van der Waals surface area contributed by atoms with E-state index >= 15 is 0 Å². The molecule has 0 aromatic carbocycles. The Morgan fingerprint density at radius 2 is 2.06 bits per heavy atom. The van der Waals surface area contributed by atoms with Crippen LogP contribution in [0.5, 0.6) is 0 Å². The predicted octanol–water partition coefficient (Wildman–Crippen LogP) is 1.26. The van der Waals surface area contributed by atoms with Gasteiger partial charge in [0.2, 0.25) is 11.6 Å². The topological polar surface area (TPSA) is 102 Å². The van der Waals surface area contributed by atoms with Gasteiger partial charge in [-0.1, -0.05) is 0 Å². The molecule has 2 N–H and O–H groups in total. The first kappa shape index (κ1) is 14.1. The number of ether oxygens (including phenoxy) is 1. The molecule has 0 amide bonds. The van der Waals surface area contributed by atoms with Crippen LogP contribution < -0.4 is 10.6 Å². The third kappa shape index (κ3) is 3.52. The zero-order valence-corrected chi connectivity index (χ0v) is 10.6. The van der Waals surface area contributed by atoms with E-state index in [9.17, 15) is 10.1 Å². The lowest BCUT2D eigenvalue weighted by molar-refractivity contribution is -0.383. The van der Waals surface area contributed by atoms with Crippen molar-refractivity contribution in [3.8, 4) is 0 Å². The number of nitrogens with one attached hydrogen (secondary N) is 2. The van der Waals surface area contributed by atoms with Gasteiger partial charge < -0.3 is 15.4 Å². The summed E-state index contributed by atoms with van der Waals surface area (Å²) in [6.45, 7) is 4.67. The maximum Gasteiger partial charge on any atom is 0.353 e. The van der Waals surface area contributed by atoms with E-state index in [1.54, 1.807) is 7.11 Å². The van der Waals surface area contributed by atoms with E-state index in [1.165, 1.54) is 6.33 Å². The SMILES string of the molecule is CCNc1ncnc(NCC(C)OC)c1[N+](=O)[O-]. The third-order valence-corrected chi connectivity index (χ3v) is 2.31. The van der Waals surface area contributed by atoms with Crippen molar-refractivity contribution in [3.05, 3.63) is 16.4 Å². The molecular formula is C10H17N5O3. The molecule has 1 aromatic heterocycles. The highest BCUT2D eigenvalue weighted by atomic mass is 16.6. The number of hydrogen-bond donors (Lipinski definition) is 2. The first-order valence-electron chi connectivity index (χ1n) is 5.60. The molecule has 0 aliphatic carbocycles. The normalized spacial score (nSPS) is 11.9. The summed E-state index contributed by atoms with van der Waals surface area (Å²) >= 11 is 0. The number of nitrogens with zero attached hydrogens (tertiary/aromatic N) is 3. The fraction of sp³-hybridized carbons (Fsp3) is 0.600. The predicted molar refractivity (Wildman–Crippen MR) is 67.8 cm³/mol. The summed E-state index contributed by atoms with van der Waals surface area (Å²) in [5.74, 6) is 0.403. The van der Waals surface area contributed by atoms with E-state index in [0.29, 0.717) is 13.1 Å². The van der Waals surface area contributed by atoms with Crippen molar-refractivity contribution in [3.63, 3.8) is 0 Å². The summed E-state index contributed by atoms with van der Waals surface area (Å²) in [5.41, 5.74) is -0.150. The Labute approximate surface area is 105 Å². The van der Waals surface area contributed by atoms with Crippen LogP contribution in [0.3, 0.4) is 0 Å². The van der Waals surface area contributed by atoms with Crippen LogP contribution in [0.2, 0.25) is 0 Å². The van der Waals surface area contributed by atoms with Crippen LogP contribution in [0.15, 0.2) is 6.33 Å². The Kier molecular flexibility index (Phi) is 5.25. The van der Waals surface area contributed by atoms with Gasteiger partial charge in [-0.15, -0.1) is 0 Å². The van der Waals surface area contributed by atoms with Crippen molar-refractivity contribution in [2.75, 3.05) is 30.8 Å². The summed E-state index contributed by atoms with van der Waals surface area (Å²) in [5, 5.41) is 16.8. The van der Waals surface area contributed by atoms with Gasteiger partial charge in [0, 0.05) is 20.2 Å². The summed E-state index contributed by atoms with van der Waals surface area (Å²) in [6, 6.07) is 0. The standard InChI is InChI=1S/C10H17N5O3/c1-4-11-9-8(15(16)17)10(14-6-13-9)12-5-7(2)18-3/h6-7H,4-5H2,1-3H3,(H2,11,12,13,14). The van der Waals surface area contributed by atoms with Crippen LogP contribution in [-0.2, 0) is 4.74 Å². The summed E-state index contributed by atoms with van der Waals surface area (Å²) < 4.78 is 5.06. The maximum absolute atomic E-state index is 11.0. The van der Waals surface area contributed by atoms with Crippen LogP contribution in [0.4, 0.5) is 17.3 Å². The molecule has 100 valence electrons. The minimum Gasteiger partial charge on any atom is -0.380 e. The van der Waals surface area contributed by atoms with Gasteiger partial charge >= 0.3 is 5.69 Å². The fourth-order valence-electron chi connectivity index (χ4n) is 1.30. The largest absolute Gasteiger partial charge is 0.380 e. The highest BCUT2D eigenvalue weighted by Crippen LogP contribution is 2.28. The molecular weight excluding hydrogens is 238 g/mol. The first-order chi connectivity index (χ1) is 8.60. The average molecular weight is 255 g/mol. The Morgan fingerprint density at radius 3 is 2.56 bits per heavy atom. The van der Waals surface area contributed by atoms with Crippen LogP contribution in [-0.4, -0.2) is 41.2 Å². The van der Waals surface area contributed by atoms with Gasteiger partial charge in [0.1, 0.15) is 6.33 Å². The second kappa shape index (κ2) is 6.70. The number of aromatic nitrogens is 2. The molecule has 18 heavy (non-hydrogen) atoms. The quantitative estimate of drug-likeness (QED) is 0.558. The Hall–Kier alpha value is -1.96. The first-order valence-corrected chi connectivity index (χ1v) is 5.60. The fourth-order valence-corrected chi connectivity index (χ4v) is 1.30. The molecule has 1 atom stereocenters. The molecule has 8 heteroatoms. The van der Waals surface area contributed by atoms with Gasteiger partial charge in [-0.3, -0.25) is 10.1 Å². The third-order valence-electron chi connectivity index (χ3n) is 2.31. The van der Waals surface area contributed by atoms with E-state index < -0.39 is 4.92 Å². The van der Waals surface area contributed by atoms with Crippen LogP contribution >= 0.6 is 0 Å². The van der Waals surface area contributed by atoms with Gasteiger partial charge in [-0.25, -0.2) is 9.97 Å². The summed E-state index contributed by atoms with van der Waals surface area (Å²) in [7, 11) is 1.57. The minimum absolute atomic E-state index is 0.0675. The van der Waals surface area contributed by atoms with E-state index in [4.69, 9.17) is 4.74 Å². The van der Waals surface area contributed by atoms with Crippen LogP contribution in [0.1, 0.15) is 13.8 Å². The van der Waals surface area contributed by atoms with Crippen molar-refractivity contribution in [1.29, 1.82) is 0 Å². The number of anilines is 2. The van der Waals surface area contributed by atoms with E-state index in [2.05, 4.69) is 20.6 Å². The molecule has 8 nitrogen and oxygen atoms in total. The smallest absolute Gasteiger partial charge is 0.353 e. The molecule has 1 rings (SSSR count). The lowest BCUT2D eigenvalue weighted by Gasteiger charge is -2.12. The molecule has 1 heterocycles. The molecule has 1 aromatic rings. The Balaban J connectivity index is 2.95. The highest BCUT2D eigenvalue weighted by Gasteiger charge is 2.22. The number of nitro groups is 1. The maximum atomic E-state index is 11.0. The Bertz CT molecular complexity index is 412. The van der Waals surface area contributed by atoms with Gasteiger partial charge in [0.25, 0.3) is 0 Å². The van der Waals surface area contributed by atoms with Gasteiger partial charge in [0.05, 0.1) is 11.0 Å². The number of methoxy groups -OCH3 is 1. The molecule has 1 unspecified atom stereocenters. The molecule has 0 fully saturated rings. The minimum atomic E-state index is -0.502. The summed E-state index contributed by atoms with van der Waals surface area (Å²) in [6.07, 6.45) is 1.22. The zero-order valence-electron chi connectivity index (χ0n) is 10.6. The van der Waals surface area contributed by atoms with Crippen molar-refractivity contribution in [2.45, 2.75) is 20.0 Å². The molecule has 0 spiro atoms. The lowest BCUT2D eigenvalue weighted by atomic mass is 10.3. The summed E-state index contributed by atoms with van der Waals surface area (Å²) in [4.78, 5) is 18.3. The second-order valence-electron chi connectivity index (χ2n) is 3.63. The van der Waals surface area contributed by atoms with E-state index in [0.717, 1.165) is 0 Å². The van der Waals surface area contributed by atoms with Crippen molar-refractivity contribution < 1.29 is 9.66 Å². The lowest BCUT2D eigenvalue weighted by Crippen LogP contribution is -2.19. The number of rotatable bonds is 7. The second-order valence-corrected chi connectivity index (χ2v) is 3.63. The molecule has 0 saturated heterocycles. The van der Waals surface area contributed by atoms with Crippen molar-refractivity contribution in [2.24, 2.45) is 0 Å². The average Bonchev–Trinajstić information content (AvgIpc) is 2.36. The molecule has 0 aliphatic rings. The monoisotopic (exact) mass is 255 g/mol. The molecule has 0 aliphatic heterocycles. The van der Waals surface area contributed by atoms with Crippen LogP contribution in [0, 0.1) is 10.1 Å². The van der Waals surface area contributed by atoms with Crippen molar-refractivity contribution >= 4 is 17.3 Å². The van der Waals surface area contributed by atoms with Crippen LogP contribution in [0.25, 0.3) is 0 Å². The molecule has 0 saturated carbocycles. The van der Waals surface area contributed by atoms with Gasteiger partial charge in [0.15, 0.2) is 0 Å². The number of hydrogen-bond acceptors (Lipinski definition) is 7. The van der Waals surface area contributed by atoms with E-state index in [1.807, 2.05) is 13.8 Å². The van der Waals surface area contributed by atoms with E-state index in [-0.39, 0.29) is 23.4 Å². The molecule has 0 bridgehead atoms. The van der Waals surface area contributed by atoms with Gasteiger partial charge in [-0.2, -0.15) is 0 Å².